The van der Waals surface area contributed by atoms with Crippen LogP contribution in [-0.2, 0) is 13.5 Å². The Hall–Kier alpha value is -2.15. The van der Waals surface area contributed by atoms with E-state index in [-0.39, 0.29) is 0 Å². The number of imidazole rings is 1. The minimum Gasteiger partial charge on any atom is -0.481 e. The van der Waals surface area contributed by atoms with Gasteiger partial charge in [-0.1, -0.05) is 0 Å². The van der Waals surface area contributed by atoms with Crippen molar-refractivity contribution in [2.24, 2.45) is 7.05 Å². The molecule has 0 aromatic carbocycles. The zero-order valence-corrected chi connectivity index (χ0v) is 13.8. The Bertz CT molecular complexity index is 621. The van der Waals surface area contributed by atoms with Gasteiger partial charge in [0, 0.05) is 57.1 Å². The molecule has 0 saturated carbocycles. The van der Waals surface area contributed by atoms with E-state index in [9.17, 15) is 0 Å². The molecule has 1 aliphatic heterocycles. The van der Waals surface area contributed by atoms with Gasteiger partial charge in [-0.15, -0.1) is 0 Å². The lowest BCUT2D eigenvalue weighted by atomic mass is 10.0. The molecule has 3 heterocycles. The molecule has 2 aromatic heterocycles. The Labute approximate surface area is 136 Å². The molecule has 1 N–H and O–H groups in total. The van der Waals surface area contributed by atoms with Crippen molar-refractivity contribution in [3.63, 3.8) is 0 Å². The summed E-state index contributed by atoms with van der Waals surface area (Å²) in [5, 5.41) is 3.48. The highest BCUT2D eigenvalue weighted by atomic mass is 16.5. The molecule has 0 spiro atoms. The van der Waals surface area contributed by atoms with Gasteiger partial charge in [0.2, 0.25) is 5.88 Å². The zero-order chi connectivity index (χ0) is 16.1. The van der Waals surface area contributed by atoms with Crippen molar-refractivity contribution < 1.29 is 4.74 Å². The molecule has 7 heteroatoms. The second-order valence-electron chi connectivity index (χ2n) is 5.95. The third kappa shape index (κ3) is 4.19. The van der Waals surface area contributed by atoms with Crippen LogP contribution in [0.25, 0.3) is 0 Å². The minimum absolute atomic E-state index is 0.461. The Kier molecular flexibility index (Phi) is 5.07. The van der Waals surface area contributed by atoms with Crippen LogP contribution < -0.4 is 10.1 Å². The molecule has 3 rings (SSSR count). The fraction of sp³-hybridized carbons (Fsp3) is 0.562. The highest BCUT2D eigenvalue weighted by molar-refractivity contribution is 5.38. The lowest BCUT2D eigenvalue weighted by molar-refractivity contribution is 0.220. The van der Waals surface area contributed by atoms with Gasteiger partial charge in [-0.3, -0.25) is 0 Å². The number of aromatic nitrogens is 4. The van der Waals surface area contributed by atoms with Crippen molar-refractivity contribution in [1.29, 1.82) is 0 Å². The summed E-state index contributed by atoms with van der Waals surface area (Å²) in [7, 11) is 3.67. The number of hydrogen-bond acceptors (Lipinski definition) is 6. The highest BCUT2D eigenvalue weighted by Crippen LogP contribution is 2.17. The van der Waals surface area contributed by atoms with E-state index < -0.39 is 0 Å². The van der Waals surface area contributed by atoms with E-state index in [1.54, 1.807) is 7.11 Å². The molecule has 0 atom stereocenters. The summed E-state index contributed by atoms with van der Waals surface area (Å²) >= 11 is 0. The summed E-state index contributed by atoms with van der Waals surface area (Å²) < 4.78 is 7.23. The van der Waals surface area contributed by atoms with Crippen LogP contribution in [0.5, 0.6) is 5.88 Å². The fourth-order valence-corrected chi connectivity index (χ4v) is 2.94. The maximum Gasteiger partial charge on any atom is 0.218 e. The first-order valence-corrected chi connectivity index (χ1v) is 8.04. The van der Waals surface area contributed by atoms with Gasteiger partial charge in [0.1, 0.15) is 12.1 Å². The standard InChI is InChI=1S/C16H24N6O/c1-21-12-17-10-14(21)5-8-22-6-3-13(4-7-22)20-15-9-16(23-2)19-11-18-15/h9-13H,3-8H2,1-2H3,(H,18,19,20). The van der Waals surface area contributed by atoms with E-state index in [1.165, 1.54) is 12.0 Å². The van der Waals surface area contributed by atoms with Crippen LogP contribution in [0.3, 0.4) is 0 Å². The number of methoxy groups -OCH3 is 1. The minimum atomic E-state index is 0.461. The second-order valence-corrected chi connectivity index (χ2v) is 5.95. The van der Waals surface area contributed by atoms with E-state index in [1.807, 2.05) is 18.6 Å². The molecule has 23 heavy (non-hydrogen) atoms. The first-order chi connectivity index (χ1) is 11.2. The molecular weight excluding hydrogens is 292 g/mol. The van der Waals surface area contributed by atoms with Gasteiger partial charge in [0.05, 0.1) is 13.4 Å². The van der Waals surface area contributed by atoms with Crippen LogP contribution in [0.4, 0.5) is 5.82 Å². The maximum atomic E-state index is 5.13. The highest BCUT2D eigenvalue weighted by Gasteiger charge is 2.19. The third-order valence-electron chi connectivity index (χ3n) is 4.39. The van der Waals surface area contributed by atoms with Crippen molar-refractivity contribution in [2.45, 2.75) is 25.3 Å². The number of piperidine rings is 1. The average Bonchev–Trinajstić information content (AvgIpc) is 2.99. The Morgan fingerprint density at radius 3 is 2.83 bits per heavy atom. The normalized spacial score (nSPS) is 16.4. The van der Waals surface area contributed by atoms with E-state index in [0.717, 1.165) is 44.7 Å². The van der Waals surface area contributed by atoms with Crippen molar-refractivity contribution in [3.8, 4) is 5.88 Å². The molecule has 0 bridgehead atoms. The molecular formula is C16H24N6O. The van der Waals surface area contributed by atoms with E-state index >= 15 is 0 Å². The Morgan fingerprint density at radius 1 is 1.30 bits per heavy atom. The molecule has 7 nitrogen and oxygen atoms in total. The second kappa shape index (κ2) is 7.41. The number of nitrogens with zero attached hydrogens (tertiary/aromatic N) is 5. The number of ether oxygens (including phenoxy) is 1. The number of rotatable bonds is 6. The molecule has 0 unspecified atom stereocenters. The predicted molar refractivity (Wildman–Crippen MR) is 88.6 cm³/mol. The zero-order valence-electron chi connectivity index (χ0n) is 13.8. The van der Waals surface area contributed by atoms with Crippen molar-refractivity contribution in [3.05, 3.63) is 30.6 Å². The number of aryl methyl sites for hydroxylation is 1. The van der Waals surface area contributed by atoms with Gasteiger partial charge in [-0.05, 0) is 12.8 Å². The number of nitrogens with one attached hydrogen (secondary N) is 1. The van der Waals surface area contributed by atoms with Crippen LogP contribution in [0.15, 0.2) is 24.9 Å². The van der Waals surface area contributed by atoms with Crippen LogP contribution in [-0.4, -0.2) is 57.2 Å². The monoisotopic (exact) mass is 316 g/mol. The van der Waals surface area contributed by atoms with Crippen LogP contribution in [0, 0.1) is 0 Å². The summed E-state index contributed by atoms with van der Waals surface area (Å²) in [5.41, 5.74) is 1.29. The first-order valence-electron chi connectivity index (χ1n) is 8.04. The summed E-state index contributed by atoms with van der Waals surface area (Å²) in [6, 6.07) is 2.30. The molecule has 1 fully saturated rings. The number of likely N-dealkylation sites (tertiary alicyclic amines) is 1. The van der Waals surface area contributed by atoms with E-state index in [2.05, 4.69) is 36.8 Å². The van der Waals surface area contributed by atoms with Crippen molar-refractivity contribution in [1.82, 2.24) is 24.4 Å². The van der Waals surface area contributed by atoms with Crippen LogP contribution >= 0.6 is 0 Å². The number of anilines is 1. The van der Waals surface area contributed by atoms with E-state index in [4.69, 9.17) is 4.74 Å². The topological polar surface area (TPSA) is 68.1 Å². The van der Waals surface area contributed by atoms with Gasteiger partial charge >= 0.3 is 0 Å². The molecule has 1 saturated heterocycles. The lowest BCUT2D eigenvalue weighted by Crippen LogP contribution is -2.40. The van der Waals surface area contributed by atoms with Crippen LogP contribution in [0.1, 0.15) is 18.5 Å². The van der Waals surface area contributed by atoms with Gasteiger partial charge in [0.15, 0.2) is 0 Å². The van der Waals surface area contributed by atoms with Crippen LogP contribution in [0.2, 0.25) is 0 Å². The lowest BCUT2D eigenvalue weighted by Gasteiger charge is -2.32. The summed E-state index contributed by atoms with van der Waals surface area (Å²) in [6.45, 7) is 3.31. The Balaban J connectivity index is 1.44. The van der Waals surface area contributed by atoms with Gasteiger partial charge in [0.25, 0.3) is 0 Å². The predicted octanol–water partition coefficient (Wildman–Crippen LogP) is 1.34. The largest absolute Gasteiger partial charge is 0.481 e. The van der Waals surface area contributed by atoms with Crippen molar-refractivity contribution in [2.75, 3.05) is 32.1 Å². The molecule has 124 valence electrons. The van der Waals surface area contributed by atoms with Gasteiger partial charge < -0.3 is 19.5 Å². The molecule has 1 aliphatic rings. The molecule has 0 radical (unpaired) electrons. The van der Waals surface area contributed by atoms with E-state index in [0.29, 0.717) is 11.9 Å². The SMILES string of the molecule is COc1cc(NC2CCN(CCc3cncn3C)CC2)ncn1. The molecule has 0 amide bonds. The quantitative estimate of drug-likeness (QED) is 0.867. The first kappa shape index (κ1) is 15.7. The fourth-order valence-electron chi connectivity index (χ4n) is 2.94. The smallest absolute Gasteiger partial charge is 0.218 e. The Morgan fingerprint density at radius 2 is 2.13 bits per heavy atom. The van der Waals surface area contributed by atoms with Gasteiger partial charge in [-0.25, -0.2) is 15.0 Å². The summed E-state index contributed by atoms with van der Waals surface area (Å²) in [4.78, 5) is 15.0. The van der Waals surface area contributed by atoms with Crippen molar-refractivity contribution >= 4 is 5.82 Å². The number of hydrogen-bond donors (Lipinski definition) is 1. The maximum absolute atomic E-state index is 5.13. The third-order valence-corrected chi connectivity index (χ3v) is 4.39. The molecule has 2 aromatic rings. The molecule has 0 aliphatic carbocycles. The summed E-state index contributed by atoms with van der Waals surface area (Å²) in [5.74, 6) is 1.43. The van der Waals surface area contributed by atoms with Gasteiger partial charge in [-0.2, -0.15) is 0 Å². The average molecular weight is 316 g/mol. The summed E-state index contributed by atoms with van der Waals surface area (Å²) in [6.07, 6.45) is 8.65.